The predicted molar refractivity (Wildman–Crippen MR) is 139 cm³/mol. The van der Waals surface area contributed by atoms with Crippen molar-refractivity contribution in [3.05, 3.63) is 89.2 Å². The second-order valence-corrected chi connectivity index (χ2v) is 8.78. The van der Waals surface area contributed by atoms with Crippen molar-refractivity contribution in [2.24, 2.45) is 0 Å². The van der Waals surface area contributed by atoms with E-state index in [4.69, 9.17) is 14.5 Å². The molecule has 0 aliphatic carbocycles. The number of methoxy groups -OCH3 is 1. The fraction of sp³-hybridized carbons (Fsp3) is 0.310. The third-order valence-corrected chi connectivity index (χ3v) is 6.20. The summed E-state index contributed by atoms with van der Waals surface area (Å²) in [7, 11) is 1.57. The molecule has 1 atom stereocenters. The van der Waals surface area contributed by atoms with E-state index in [1.165, 1.54) is 0 Å². The van der Waals surface area contributed by atoms with Gasteiger partial charge in [0.15, 0.2) is 0 Å². The van der Waals surface area contributed by atoms with Gasteiger partial charge in [-0.25, -0.2) is 4.98 Å². The summed E-state index contributed by atoms with van der Waals surface area (Å²) in [5.74, 6) is 2.18. The van der Waals surface area contributed by atoms with Crippen LogP contribution in [0.25, 0.3) is 11.0 Å². The minimum absolute atomic E-state index is 0.185. The van der Waals surface area contributed by atoms with E-state index in [0.717, 1.165) is 53.1 Å². The first-order chi connectivity index (χ1) is 17.0. The number of benzene rings is 3. The van der Waals surface area contributed by atoms with Crippen LogP contribution in [0.1, 0.15) is 53.1 Å². The second-order valence-electron chi connectivity index (χ2n) is 8.78. The summed E-state index contributed by atoms with van der Waals surface area (Å²) in [6.07, 6.45) is 1.85. The average molecular weight is 472 g/mol. The zero-order valence-electron chi connectivity index (χ0n) is 20.9. The SMILES string of the molecule is COc1ccccc1C(=O)NC(C)c1nc2ccccc2n1CCCCOc1c(C)cccc1C. The Bertz CT molecular complexity index is 1290. The van der Waals surface area contributed by atoms with E-state index < -0.39 is 0 Å². The number of para-hydroxylation sites is 4. The van der Waals surface area contributed by atoms with Gasteiger partial charge in [0.1, 0.15) is 17.3 Å². The number of nitrogens with one attached hydrogen (secondary N) is 1. The highest BCUT2D eigenvalue weighted by atomic mass is 16.5. The lowest BCUT2D eigenvalue weighted by Crippen LogP contribution is -2.29. The van der Waals surface area contributed by atoms with Crippen molar-refractivity contribution in [1.29, 1.82) is 0 Å². The number of hydrogen-bond donors (Lipinski definition) is 1. The molecular formula is C29H33N3O3. The lowest BCUT2D eigenvalue weighted by Gasteiger charge is -2.17. The van der Waals surface area contributed by atoms with Gasteiger partial charge in [-0.1, -0.05) is 42.5 Å². The molecule has 35 heavy (non-hydrogen) atoms. The maximum Gasteiger partial charge on any atom is 0.255 e. The molecule has 0 bridgehead atoms. The number of carbonyl (C=O) groups is 1. The van der Waals surface area contributed by atoms with Crippen LogP contribution in [-0.2, 0) is 6.54 Å². The first kappa shape index (κ1) is 24.3. The molecule has 0 aliphatic rings. The van der Waals surface area contributed by atoms with Gasteiger partial charge in [-0.05, 0) is 69.0 Å². The number of aryl methyl sites for hydroxylation is 3. The van der Waals surface area contributed by atoms with Gasteiger partial charge >= 0.3 is 0 Å². The Hall–Kier alpha value is -3.80. The summed E-state index contributed by atoms with van der Waals surface area (Å²) in [5, 5.41) is 3.10. The molecule has 4 aromatic rings. The molecule has 4 rings (SSSR count). The van der Waals surface area contributed by atoms with E-state index in [1.807, 2.05) is 37.3 Å². The lowest BCUT2D eigenvalue weighted by atomic mass is 10.1. The van der Waals surface area contributed by atoms with E-state index in [9.17, 15) is 4.79 Å². The molecule has 1 aromatic heterocycles. The summed E-state index contributed by atoms with van der Waals surface area (Å²) in [5.41, 5.74) is 4.82. The number of unbranched alkanes of at least 4 members (excludes halogenated alkanes) is 1. The highest BCUT2D eigenvalue weighted by Gasteiger charge is 2.20. The number of rotatable bonds is 10. The van der Waals surface area contributed by atoms with Crippen LogP contribution in [0.15, 0.2) is 66.7 Å². The zero-order valence-corrected chi connectivity index (χ0v) is 20.9. The minimum Gasteiger partial charge on any atom is -0.496 e. The minimum atomic E-state index is -0.273. The zero-order chi connectivity index (χ0) is 24.8. The van der Waals surface area contributed by atoms with Crippen LogP contribution >= 0.6 is 0 Å². The normalized spacial score (nSPS) is 11.9. The molecule has 3 aromatic carbocycles. The molecule has 6 nitrogen and oxygen atoms in total. The maximum absolute atomic E-state index is 13.0. The molecule has 1 N–H and O–H groups in total. The van der Waals surface area contributed by atoms with E-state index >= 15 is 0 Å². The average Bonchev–Trinajstić information content (AvgIpc) is 3.24. The van der Waals surface area contributed by atoms with Crippen LogP contribution in [0, 0.1) is 13.8 Å². The van der Waals surface area contributed by atoms with Crippen LogP contribution in [-0.4, -0.2) is 29.2 Å². The van der Waals surface area contributed by atoms with Crippen molar-refractivity contribution in [3.8, 4) is 11.5 Å². The molecule has 182 valence electrons. The maximum atomic E-state index is 13.0. The van der Waals surface area contributed by atoms with E-state index in [0.29, 0.717) is 17.9 Å². The van der Waals surface area contributed by atoms with Crippen molar-refractivity contribution >= 4 is 16.9 Å². The molecule has 0 spiro atoms. The molecule has 0 aliphatic heterocycles. The van der Waals surface area contributed by atoms with Crippen LogP contribution < -0.4 is 14.8 Å². The lowest BCUT2D eigenvalue weighted by molar-refractivity contribution is 0.0934. The highest BCUT2D eigenvalue weighted by Crippen LogP contribution is 2.25. The number of hydrogen-bond acceptors (Lipinski definition) is 4. The summed E-state index contributed by atoms with van der Waals surface area (Å²) in [6.45, 7) is 7.57. The van der Waals surface area contributed by atoms with Crippen molar-refractivity contribution < 1.29 is 14.3 Å². The Balaban J connectivity index is 1.45. The molecule has 0 fully saturated rings. The summed E-state index contributed by atoms with van der Waals surface area (Å²) >= 11 is 0. The first-order valence-electron chi connectivity index (χ1n) is 12.1. The van der Waals surface area contributed by atoms with E-state index in [-0.39, 0.29) is 11.9 Å². The fourth-order valence-electron chi connectivity index (χ4n) is 4.40. The monoisotopic (exact) mass is 471 g/mol. The van der Waals surface area contributed by atoms with Gasteiger partial charge in [0, 0.05) is 6.54 Å². The van der Waals surface area contributed by atoms with Crippen LogP contribution in [0.3, 0.4) is 0 Å². The Morgan fingerprint density at radius 3 is 2.46 bits per heavy atom. The van der Waals surface area contributed by atoms with Crippen molar-refractivity contribution in [1.82, 2.24) is 14.9 Å². The summed E-state index contributed by atoms with van der Waals surface area (Å²) < 4.78 is 13.6. The largest absolute Gasteiger partial charge is 0.496 e. The molecule has 1 heterocycles. The topological polar surface area (TPSA) is 65.4 Å². The number of aromatic nitrogens is 2. The van der Waals surface area contributed by atoms with Gasteiger partial charge in [0.25, 0.3) is 5.91 Å². The van der Waals surface area contributed by atoms with Gasteiger partial charge in [-0.15, -0.1) is 0 Å². The van der Waals surface area contributed by atoms with Crippen LogP contribution in [0.2, 0.25) is 0 Å². The van der Waals surface area contributed by atoms with Gasteiger partial charge in [-0.2, -0.15) is 0 Å². The Labute approximate surface area is 206 Å². The fourth-order valence-corrected chi connectivity index (χ4v) is 4.40. The van der Waals surface area contributed by atoms with Crippen molar-refractivity contribution in [2.75, 3.05) is 13.7 Å². The molecular weight excluding hydrogens is 438 g/mol. The molecule has 1 unspecified atom stereocenters. The molecule has 0 radical (unpaired) electrons. The third-order valence-electron chi connectivity index (χ3n) is 6.20. The smallest absolute Gasteiger partial charge is 0.255 e. The number of fused-ring (bicyclic) bond motifs is 1. The van der Waals surface area contributed by atoms with Gasteiger partial charge in [0.05, 0.1) is 36.4 Å². The molecule has 6 heteroatoms. The Morgan fingerprint density at radius 2 is 1.69 bits per heavy atom. The Morgan fingerprint density at radius 1 is 0.971 bits per heavy atom. The molecule has 0 saturated heterocycles. The summed E-state index contributed by atoms with van der Waals surface area (Å²) in [6, 6.07) is 21.3. The Kier molecular flexibility index (Phi) is 7.70. The van der Waals surface area contributed by atoms with Crippen molar-refractivity contribution in [2.45, 2.75) is 46.2 Å². The first-order valence-corrected chi connectivity index (χ1v) is 12.1. The van der Waals surface area contributed by atoms with Gasteiger partial charge in [0.2, 0.25) is 0 Å². The standard InChI is InChI=1S/C29H33N3O3/c1-20-12-11-13-21(2)27(20)35-19-10-9-18-32-25-16-7-6-15-24(25)31-28(32)22(3)30-29(33)23-14-5-8-17-26(23)34-4/h5-8,11-17,22H,9-10,18-19H2,1-4H3,(H,30,33). The van der Waals surface area contributed by atoms with Gasteiger partial charge < -0.3 is 19.4 Å². The van der Waals surface area contributed by atoms with Crippen LogP contribution in [0.4, 0.5) is 0 Å². The predicted octanol–water partition coefficient (Wildman–Crippen LogP) is 6.01. The van der Waals surface area contributed by atoms with E-state index in [2.05, 4.69) is 48.0 Å². The van der Waals surface area contributed by atoms with Crippen molar-refractivity contribution in [3.63, 3.8) is 0 Å². The quantitative estimate of drug-likeness (QED) is 0.288. The summed E-state index contributed by atoms with van der Waals surface area (Å²) in [4.78, 5) is 17.8. The number of amides is 1. The second kappa shape index (κ2) is 11.1. The number of imidazole rings is 1. The van der Waals surface area contributed by atoms with Gasteiger partial charge in [-0.3, -0.25) is 4.79 Å². The molecule has 1 amide bonds. The number of ether oxygens (including phenoxy) is 2. The van der Waals surface area contributed by atoms with Crippen LogP contribution in [0.5, 0.6) is 11.5 Å². The molecule has 0 saturated carbocycles. The third kappa shape index (κ3) is 5.48. The number of nitrogens with zero attached hydrogens (tertiary/aromatic N) is 2. The van der Waals surface area contributed by atoms with E-state index in [1.54, 1.807) is 19.2 Å². The number of carbonyl (C=O) groups excluding carboxylic acids is 1. The highest BCUT2D eigenvalue weighted by molar-refractivity contribution is 5.97.